The molecule has 0 spiro atoms. The van der Waals surface area contributed by atoms with Gasteiger partial charge in [-0.15, -0.1) is 0 Å². The largest absolute Gasteiger partial charge is 0.378 e. The Balaban J connectivity index is 1.66. The van der Waals surface area contributed by atoms with Crippen LogP contribution >= 0.6 is 0 Å². The molecule has 1 aromatic heterocycles. The molecule has 1 unspecified atom stereocenters. The topological polar surface area (TPSA) is 70.6 Å². The lowest BCUT2D eigenvalue weighted by Crippen LogP contribution is -2.49. The van der Waals surface area contributed by atoms with Crippen LogP contribution in [0.1, 0.15) is 12.8 Å². The van der Waals surface area contributed by atoms with Crippen molar-refractivity contribution in [3.05, 3.63) is 12.4 Å². The Kier molecular flexibility index (Phi) is 5.39. The minimum absolute atomic E-state index is 0.290. The van der Waals surface area contributed by atoms with Crippen LogP contribution < -0.4 is 15.1 Å². The van der Waals surface area contributed by atoms with Gasteiger partial charge in [0.2, 0.25) is 0 Å². The van der Waals surface area contributed by atoms with E-state index in [2.05, 4.69) is 20.2 Å². The Hall–Kier alpha value is -2.03. The van der Waals surface area contributed by atoms with Crippen molar-refractivity contribution >= 4 is 17.5 Å². The zero-order valence-corrected chi connectivity index (χ0v) is 13.3. The number of ether oxygens (including phenoxy) is 1. The summed E-state index contributed by atoms with van der Waals surface area (Å²) in [5.74, 6) is 0.378. The van der Waals surface area contributed by atoms with Crippen LogP contribution in [0.5, 0.6) is 0 Å². The van der Waals surface area contributed by atoms with Crippen molar-refractivity contribution in [1.29, 1.82) is 0 Å². The summed E-state index contributed by atoms with van der Waals surface area (Å²) in [6, 6.07) is 1.62. The third-order valence-electron chi connectivity index (χ3n) is 4.26. The molecule has 0 saturated carbocycles. The standard InChI is InChI=1S/C15H21F2N5O2/c16-14(17)15(23)20-11-2-1-3-22(9-11)13-8-12(18-10-19-13)21-4-6-24-7-5-21/h8,10-11,14H,1-7,9H2,(H,20,23). The minimum Gasteiger partial charge on any atom is -0.378 e. The predicted octanol–water partition coefficient (Wildman–Crippen LogP) is 0.663. The molecule has 132 valence electrons. The first-order chi connectivity index (χ1) is 11.6. The molecule has 1 atom stereocenters. The summed E-state index contributed by atoms with van der Waals surface area (Å²) >= 11 is 0. The van der Waals surface area contributed by atoms with E-state index in [1.54, 1.807) is 0 Å². The fourth-order valence-corrected chi connectivity index (χ4v) is 3.04. The Bertz CT molecular complexity index is 569. The highest BCUT2D eigenvalue weighted by Gasteiger charge is 2.26. The molecule has 7 nitrogen and oxygen atoms in total. The van der Waals surface area contributed by atoms with Crippen LogP contribution in [0.15, 0.2) is 12.4 Å². The second-order valence-electron chi connectivity index (χ2n) is 5.93. The molecule has 1 N–H and O–H groups in total. The van der Waals surface area contributed by atoms with Gasteiger partial charge in [-0.2, -0.15) is 8.78 Å². The van der Waals surface area contributed by atoms with E-state index in [1.807, 2.05) is 11.0 Å². The number of hydrogen-bond acceptors (Lipinski definition) is 6. The number of hydrogen-bond donors (Lipinski definition) is 1. The SMILES string of the molecule is O=C(NC1CCCN(c2cc(N3CCOCC3)ncn2)C1)C(F)F. The average molecular weight is 341 g/mol. The van der Waals surface area contributed by atoms with Crippen molar-refractivity contribution in [1.82, 2.24) is 15.3 Å². The smallest absolute Gasteiger partial charge is 0.315 e. The maximum atomic E-state index is 12.4. The molecule has 2 aliphatic heterocycles. The van der Waals surface area contributed by atoms with E-state index < -0.39 is 12.3 Å². The lowest BCUT2D eigenvalue weighted by molar-refractivity contribution is -0.132. The molecular formula is C15H21F2N5O2. The highest BCUT2D eigenvalue weighted by atomic mass is 19.3. The number of carbonyl (C=O) groups is 1. The zero-order valence-electron chi connectivity index (χ0n) is 13.3. The summed E-state index contributed by atoms with van der Waals surface area (Å²) in [6.45, 7) is 4.15. The Morgan fingerprint density at radius 1 is 1.21 bits per heavy atom. The van der Waals surface area contributed by atoms with Crippen molar-refractivity contribution in [2.75, 3.05) is 49.2 Å². The Labute approximate surface area is 139 Å². The van der Waals surface area contributed by atoms with Gasteiger partial charge < -0.3 is 19.9 Å². The van der Waals surface area contributed by atoms with Crippen LogP contribution in [0.25, 0.3) is 0 Å². The monoisotopic (exact) mass is 341 g/mol. The number of carbonyl (C=O) groups excluding carboxylic acids is 1. The second-order valence-corrected chi connectivity index (χ2v) is 5.93. The summed E-state index contributed by atoms with van der Waals surface area (Å²) in [6.07, 6.45) is 0.0375. The van der Waals surface area contributed by atoms with Crippen molar-refractivity contribution < 1.29 is 18.3 Å². The highest BCUT2D eigenvalue weighted by Crippen LogP contribution is 2.22. The van der Waals surface area contributed by atoms with Gasteiger partial charge in [0, 0.05) is 38.3 Å². The molecule has 0 radical (unpaired) electrons. The van der Waals surface area contributed by atoms with Gasteiger partial charge in [0.15, 0.2) is 0 Å². The van der Waals surface area contributed by atoms with Gasteiger partial charge in [-0.1, -0.05) is 0 Å². The van der Waals surface area contributed by atoms with E-state index in [0.717, 1.165) is 37.7 Å². The quantitative estimate of drug-likeness (QED) is 0.868. The van der Waals surface area contributed by atoms with Crippen LogP contribution in [0.2, 0.25) is 0 Å². The Morgan fingerprint density at radius 3 is 2.62 bits per heavy atom. The molecule has 2 aliphatic rings. The van der Waals surface area contributed by atoms with E-state index in [-0.39, 0.29) is 6.04 Å². The van der Waals surface area contributed by atoms with Gasteiger partial charge in [0.1, 0.15) is 18.0 Å². The van der Waals surface area contributed by atoms with E-state index in [1.165, 1.54) is 6.33 Å². The third-order valence-corrected chi connectivity index (χ3v) is 4.26. The molecule has 0 bridgehead atoms. The molecule has 2 saturated heterocycles. The number of rotatable bonds is 4. The maximum absolute atomic E-state index is 12.4. The average Bonchev–Trinajstić information content (AvgIpc) is 2.63. The number of morpholine rings is 1. The number of alkyl halides is 2. The summed E-state index contributed by atoms with van der Waals surface area (Å²) in [5.41, 5.74) is 0. The van der Waals surface area contributed by atoms with Crippen LogP contribution in [-0.2, 0) is 9.53 Å². The molecule has 9 heteroatoms. The van der Waals surface area contributed by atoms with Crippen LogP contribution in [0.3, 0.4) is 0 Å². The van der Waals surface area contributed by atoms with E-state index >= 15 is 0 Å². The van der Waals surface area contributed by atoms with Crippen LogP contribution in [0.4, 0.5) is 20.4 Å². The first kappa shape index (κ1) is 16.8. The van der Waals surface area contributed by atoms with Gasteiger partial charge in [-0.25, -0.2) is 9.97 Å². The molecule has 1 amide bonds. The Morgan fingerprint density at radius 2 is 1.92 bits per heavy atom. The van der Waals surface area contributed by atoms with E-state index in [9.17, 15) is 13.6 Å². The first-order valence-electron chi connectivity index (χ1n) is 8.11. The number of nitrogens with zero attached hydrogens (tertiary/aromatic N) is 4. The zero-order chi connectivity index (χ0) is 16.9. The molecule has 1 aromatic rings. The maximum Gasteiger partial charge on any atom is 0.315 e. The van der Waals surface area contributed by atoms with E-state index in [0.29, 0.717) is 26.2 Å². The predicted molar refractivity (Wildman–Crippen MR) is 84.4 cm³/mol. The molecular weight excluding hydrogens is 320 g/mol. The van der Waals surface area contributed by atoms with Crippen molar-refractivity contribution in [3.8, 4) is 0 Å². The number of anilines is 2. The van der Waals surface area contributed by atoms with Gasteiger partial charge in [-0.3, -0.25) is 4.79 Å². The second kappa shape index (κ2) is 7.69. The van der Waals surface area contributed by atoms with Crippen molar-refractivity contribution in [3.63, 3.8) is 0 Å². The van der Waals surface area contributed by atoms with Gasteiger partial charge in [0.05, 0.1) is 13.2 Å². The number of amides is 1. The summed E-state index contributed by atoms with van der Waals surface area (Å²) in [7, 11) is 0. The van der Waals surface area contributed by atoms with E-state index in [4.69, 9.17) is 4.74 Å². The van der Waals surface area contributed by atoms with Gasteiger partial charge in [0.25, 0.3) is 5.91 Å². The molecule has 3 heterocycles. The molecule has 0 aromatic carbocycles. The van der Waals surface area contributed by atoms with Gasteiger partial charge >= 0.3 is 6.43 Å². The number of nitrogens with one attached hydrogen (secondary N) is 1. The number of halogens is 2. The lowest BCUT2D eigenvalue weighted by atomic mass is 10.1. The normalized spacial score (nSPS) is 21.9. The molecule has 24 heavy (non-hydrogen) atoms. The van der Waals surface area contributed by atoms with Crippen LogP contribution in [0, 0.1) is 0 Å². The third kappa shape index (κ3) is 4.08. The summed E-state index contributed by atoms with van der Waals surface area (Å²) in [4.78, 5) is 23.9. The highest BCUT2D eigenvalue weighted by molar-refractivity contribution is 5.79. The van der Waals surface area contributed by atoms with Gasteiger partial charge in [-0.05, 0) is 12.8 Å². The van der Waals surface area contributed by atoms with Crippen LogP contribution in [-0.4, -0.2) is 67.7 Å². The number of piperidine rings is 1. The number of aromatic nitrogens is 2. The minimum atomic E-state index is -2.98. The molecule has 2 fully saturated rings. The summed E-state index contributed by atoms with van der Waals surface area (Å²) in [5, 5.41) is 2.40. The summed E-state index contributed by atoms with van der Waals surface area (Å²) < 4.78 is 30.1. The fraction of sp³-hybridized carbons (Fsp3) is 0.667. The molecule has 0 aliphatic carbocycles. The van der Waals surface area contributed by atoms with Crippen molar-refractivity contribution in [2.45, 2.75) is 25.3 Å². The molecule has 3 rings (SSSR count). The first-order valence-corrected chi connectivity index (χ1v) is 8.11. The van der Waals surface area contributed by atoms with Crippen molar-refractivity contribution in [2.24, 2.45) is 0 Å². The fourth-order valence-electron chi connectivity index (χ4n) is 3.04. The lowest BCUT2D eigenvalue weighted by Gasteiger charge is -2.34.